The van der Waals surface area contributed by atoms with Crippen molar-refractivity contribution >= 4 is 5.91 Å². The number of β-amino-alcohol motifs (C(OH)–C–C–N with tert-alkyl or cyclic N) is 1. The van der Waals surface area contributed by atoms with Crippen molar-refractivity contribution in [2.75, 3.05) is 20.2 Å². The minimum Gasteiger partial charge on any atom is -0.493 e. The molecule has 0 radical (unpaired) electrons. The van der Waals surface area contributed by atoms with Crippen LogP contribution in [0.1, 0.15) is 18.5 Å². The van der Waals surface area contributed by atoms with Gasteiger partial charge < -0.3 is 19.5 Å². The van der Waals surface area contributed by atoms with Crippen molar-refractivity contribution in [1.82, 2.24) is 14.9 Å². The van der Waals surface area contributed by atoms with E-state index in [-0.39, 0.29) is 18.2 Å². The number of methoxy groups -OCH3 is 1. The smallest absolute Gasteiger partial charge is 0.223 e. The molecule has 1 saturated heterocycles. The van der Waals surface area contributed by atoms with Crippen molar-refractivity contribution in [1.29, 1.82) is 0 Å². The van der Waals surface area contributed by atoms with Crippen LogP contribution in [0.25, 0.3) is 0 Å². The highest BCUT2D eigenvalue weighted by Crippen LogP contribution is 2.30. The molecule has 7 nitrogen and oxygen atoms in total. The topological polar surface area (TPSA) is 84.8 Å². The Morgan fingerprint density at radius 1 is 1.37 bits per heavy atom. The summed E-state index contributed by atoms with van der Waals surface area (Å²) < 4.78 is 24.2. The van der Waals surface area contributed by atoms with E-state index >= 15 is 0 Å². The molecule has 2 heterocycles. The molecule has 1 aromatic carbocycles. The van der Waals surface area contributed by atoms with Crippen LogP contribution in [0.3, 0.4) is 0 Å². The molecule has 0 spiro atoms. The molecule has 0 unspecified atom stereocenters. The number of aryl methyl sites for hydroxylation is 1. The molecule has 1 fully saturated rings. The van der Waals surface area contributed by atoms with Gasteiger partial charge in [-0.2, -0.15) is 0 Å². The van der Waals surface area contributed by atoms with Crippen LogP contribution in [0.5, 0.6) is 11.5 Å². The van der Waals surface area contributed by atoms with E-state index in [0.29, 0.717) is 31.6 Å². The number of ether oxygens (including phenoxy) is 2. The van der Waals surface area contributed by atoms with Crippen LogP contribution in [0.2, 0.25) is 0 Å². The first kappa shape index (κ1) is 19.0. The van der Waals surface area contributed by atoms with Crippen LogP contribution in [-0.4, -0.2) is 58.3 Å². The van der Waals surface area contributed by atoms with Crippen LogP contribution in [0.15, 0.2) is 36.8 Å². The maximum atomic E-state index is 13.3. The van der Waals surface area contributed by atoms with Crippen molar-refractivity contribution in [3.8, 4) is 11.5 Å². The standard InChI is InChI=1S/C19H22FN3O4/c1-26-18-10-13(20)2-4-17(18)27-16-6-9-23(12-15(16)24)19(25)5-3-14-11-21-7-8-22-14/h2,4,7-8,10-11,15-16,24H,3,5-6,9,12H2,1H3/t15-,16-/m1/s1. The lowest BCUT2D eigenvalue weighted by Crippen LogP contribution is -2.51. The Labute approximate surface area is 156 Å². The monoisotopic (exact) mass is 375 g/mol. The summed E-state index contributed by atoms with van der Waals surface area (Å²) in [7, 11) is 1.43. The molecule has 27 heavy (non-hydrogen) atoms. The number of nitrogens with zero attached hydrogens (tertiary/aromatic N) is 3. The number of aromatic nitrogens is 2. The van der Waals surface area contributed by atoms with E-state index < -0.39 is 18.0 Å². The number of aliphatic hydroxyl groups is 1. The number of carbonyl (C=O) groups excluding carboxylic acids is 1. The van der Waals surface area contributed by atoms with Crippen LogP contribution in [0.4, 0.5) is 4.39 Å². The van der Waals surface area contributed by atoms with Crippen molar-refractivity contribution in [3.05, 3.63) is 48.3 Å². The average molecular weight is 375 g/mol. The zero-order valence-corrected chi connectivity index (χ0v) is 15.0. The van der Waals surface area contributed by atoms with E-state index in [1.165, 1.54) is 25.3 Å². The Kier molecular flexibility index (Phi) is 6.18. The molecular formula is C19H22FN3O4. The number of halogens is 1. The van der Waals surface area contributed by atoms with Crippen molar-refractivity contribution in [2.45, 2.75) is 31.5 Å². The maximum absolute atomic E-state index is 13.3. The number of benzene rings is 1. The van der Waals surface area contributed by atoms with E-state index in [9.17, 15) is 14.3 Å². The number of amides is 1. The molecule has 3 rings (SSSR count). The van der Waals surface area contributed by atoms with Gasteiger partial charge in [-0.25, -0.2) is 4.39 Å². The van der Waals surface area contributed by atoms with Gasteiger partial charge in [0.1, 0.15) is 18.0 Å². The highest BCUT2D eigenvalue weighted by molar-refractivity contribution is 5.76. The van der Waals surface area contributed by atoms with Crippen molar-refractivity contribution in [2.24, 2.45) is 0 Å². The van der Waals surface area contributed by atoms with Crippen LogP contribution >= 0.6 is 0 Å². The molecule has 2 atom stereocenters. The number of likely N-dealkylation sites (tertiary alicyclic amines) is 1. The summed E-state index contributed by atoms with van der Waals surface area (Å²) in [4.78, 5) is 22.1. The van der Waals surface area contributed by atoms with E-state index in [2.05, 4.69) is 9.97 Å². The lowest BCUT2D eigenvalue weighted by Gasteiger charge is -2.36. The minimum absolute atomic E-state index is 0.0440. The summed E-state index contributed by atoms with van der Waals surface area (Å²) in [5, 5.41) is 10.4. The molecule has 1 aliphatic rings. The lowest BCUT2D eigenvalue weighted by molar-refractivity contribution is -0.137. The van der Waals surface area contributed by atoms with E-state index in [4.69, 9.17) is 9.47 Å². The highest BCUT2D eigenvalue weighted by Gasteiger charge is 2.32. The summed E-state index contributed by atoms with van der Waals surface area (Å²) in [6.07, 6.45) is 4.77. The predicted molar refractivity (Wildman–Crippen MR) is 94.9 cm³/mol. The Hall–Kier alpha value is -2.74. The normalized spacial score (nSPS) is 19.6. The first-order valence-electron chi connectivity index (χ1n) is 8.77. The van der Waals surface area contributed by atoms with Gasteiger partial charge in [-0.3, -0.25) is 14.8 Å². The first-order chi connectivity index (χ1) is 13.1. The van der Waals surface area contributed by atoms with Gasteiger partial charge in [-0.15, -0.1) is 0 Å². The molecule has 1 N–H and O–H groups in total. The molecule has 144 valence electrons. The fourth-order valence-corrected chi connectivity index (χ4v) is 3.03. The maximum Gasteiger partial charge on any atom is 0.223 e. The van der Waals surface area contributed by atoms with Crippen molar-refractivity contribution in [3.63, 3.8) is 0 Å². The fourth-order valence-electron chi connectivity index (χ4n) is 3.03. The summed E-state index contributed by atoms with van der Waals surface area (Å²) in [5.41, 5.74) is 0.757. The molecule has 0 aliphatic carbocycles. The molecule has 1 aromatic heterocycles. The first-order valence-corrected chi connectivity index (χ1v) is 8.77. The molecular weight excluding hydrogens is 353 g/mol. The zero-order chi connectivity index (χ0) is 19.2. The summed E-state index contributed by atoms with van der Waals surface area (Å²) in [6.45, 7) is 0.665. The van der Waals surface area contributed by atoms with Gasteiger partial charge in [0.25, 0.3) is 0 Å². The largest absolute Gasteiger partial charge is 0.493 e. The second-order valence-corrected chi connectivity index (χ2v) is 6.34. The number of rotatable bonds is 6. The highest BCUT2D eigenvalue weighted by atomic mass is 19.1. The summed E-state index contributed by atoms with van der Waals surface area (Å²) in [5.74, 6) is 0.163. The van der Waals surface area contributed by atoms with E-state index in [1.54, 1.807) is 23.5 Å². The summed E-state index contributed by atoms with van der Waals surface area (Å²) in [6, 6.07) is 3.97. The van der Waals surface area contributed by atoms with Crippen LogP contribution in [0, 0.1) is 5.82 Å². The Balaban J connectivity index is 1.53. The number of carbonyl (C=O) groups is 1. The average Bonchev–Trinajstić information content (AvgIpc) is 2.69. The Morgan fingerprint density at radius 3 is 2.93 bits per heavy atom. The lowest BCUT2D eigenvalue weighted by atomic mass is 10.0. The third-order valence-electron chi connectivity index (χ3n) is 4.49. The van der Waals surface area contributed by atoms with Crippen molar-refractivity contribution < 1.29 is 23.8 Å². The predicted octanol–water partition coefficient (Wildman–Crippen LogP) is 1.60. The number of hydrogen-bond acceptors (Lipinski definition) is 6. The van der Waals surface area contributed by atoms with Gasteiger partial charge in [-0.05, 0) is 18.6 Å². The number of hydrogen-bond donors (Lipinski definition) is 1. The summed E-state index contributed by atoms with van der Waals surface area (Å²) >= 11 is 0. The molecule has 1 aliphatic heterocycles. The second kappa shape index (κ2) is 8.77. The molecule has 1 amide bonds. The van der Waals surface area contributed by atoms with Gasteiger partial charge in [0.15, 0.2) is 11.5 Å². The SMILES string of the molecule is COc1cc(F)ccc1O[C@@H]1CCN(C(=O)CCc2cnccn2)C[C@H]1O. The minimum atomic E-state index is -0.839. The van der Waals surface area contributed by atoms with Gasteiger partial charge in [-0.1, -0.05) is 0 Å². The Morgan fingerprint density at radius 2 is 2.22 bits per heavy atom. The fraction of sp³-hybridized carbons (Fsp3) is 0.421. The number of piperidine rings is 1. The quantitative estimate of drug-likeness (QED) is 0.826. The van der Waals surface area contributed by atoms with Gasteiger partial charge in [0.05, 0.1) is 19.3 Å². The molecule has 8 heteroatoms. The zero-order valence-electron chi connectivity index (χ0n) is 15.0. The van der Waals surface area contributed by atoms with Gasteiger partial charge in [0, 0.05) is 44.0 Å². The molecule has 2 aromatic rings. The van der Waals surface area contributed by atoms with Gasteiger partial charge in [0.2, 0.25) is 5.91 Å². The molecule has 0 saturated carbocycles. The second-order valence-electron chi connectivity index (χ2n) is 6.34. The van der Waals surface area contributed by atoms with Crippen LogP contribution < -0.4 is 9.47 Å². The third kappa shape index (κ3) is 4.91. The van der Waals surface area contributed by atoms with E-state index in [0.717, 1.165) is 5.69 Å². The third-order valence-corrected chi connectivity index (χ3v) is 4.49. The van der Waals surface area contributed by atoms with Gasteiger partial charge >= 0.3 is 0 Å². The Bertz CT molecular complexity index is 775. The molecule has 0 bridgehead atoms. The van der Waals surface area contributed by atoms with Crippen LogP contribution in [-0.2, 0) is 11.2 Å². The number of aliphatic hydroxyl groups excluding tert-OH is 1. The van der Waals surface area contributed by atoms with E-state index in [1.807, 2.05) is 0 Å².